The van der Waals surface area contributed by atoms with Crippen LogP contribution < -0.4 is 15.8 Å². The molecule has 0 bridgehead atoms. The van der Waals surface area contributed by atoms with Crippen molar-refractivity contribution in [2.45, 2.75) is 38.2 Å². The maximum Gasteiger partial charge on any atom is 0.263 e. The van der Waals surface area contributed by atoms with Gasteiger partial charge in [-0.15, -0.1) is 0 Å². The summed E-state index contributed by atoms with van der Waals surface area (Å²) in [6, 6.07) is 0. The first-order valence-electron chi connectivity index (χ1n) is 10.8. The van der Waals surface area contributed by atoms with Gasteiger partial charge in [-0.25, -0.2) is 0 Å². The zero-order valence-electron chi connectivity index (χ0n) is 17.8. The molecule has 11 heteroatoms. The van der Waals surface area contributed by atoms with Crippen LogP contribution in [0.3, 0.4) is 0 Å². The molecule has 0 radical (unpaired) electrons. The molecule has 2 aliphatic heterocycles. The minimum atomic E-state index is -0.265. The Kier molecular flexibility index (Phi) is 6.50. The predicted octanol–water partition coefficient (Wildman–Crippen LogP) is -0.229. The highest BCUT2D eigenvalue weighted by Crippen LogP contribution is 2.18. The van der Waals surface area contributed by atoms with Crippen LogP contribution in [0.1, 0.15) is 32.1 Å². The number of fused-ring (bicyclic) bond motifs is 1. The fraction of sp³-hybridized carbons (Fsp3) is 0.650. The quantitative estimate of drug-likeness (QED) is 0.685. The number of H-pyrrole nitrogens is 1. The summed E-state index contributed by atoms with van der Waals surface area (Å²) < 4.78 is 7.17. The first kappa shape index (κ1) is 21.3. The number of aryl methyl sites for hydroxylation is 1. The molecule has 2 aliphatic rings. The summed E-state index contributed by atoms with van der Waals surface area (Å²) in [5.74, 6) is 0.331. The third-order valence-electron chi connectivity index (χ3n) is 5.90. The van der Waals surface area contributed by atoms with Crippen molar-refractivity contribution in [2.75, 3.05) is 44.2 Å². The molecule has 4 heterocycles. The lowest BCUT2D eigenvalue weighted by Gasteiger charge is -2.30. The third-order valence-corrected chi connectivity index (χ3v) is 5.90. The SMILES string of the molecule is Cn1ncc2c(=O)[nH]c(N3CCNC(=O)CCN(C(=O)CCC4CCCO4)CC3)nc21. The molecule has 2 saturated heterocycles. The Morgan fingerprint density at radius 2 is 2.13 bits per heavy atom. The van der Waals surface area contributed by atoms with E-state index in [-0.39, 0.29) is 29.9 Å². The van der Waals surface area contributed by atoms with Gasteiger partial charge in [-0.05, 0) is 19.3 Å². The molecule has 0 aromatic carbocycles. The molecule has 2 aromatic rings. The Balaban J connectivity index is 1.48. The van der Waals surface area contributed by atoms with E-state index in [0.717, 1.165) is 19.4 Å². The van der Waals surface area contributed by atoms with Crippen LogP contribution in [0.5, 0.6) is 0 Å². The van der Waals surface area contributed by atoms with Crippen LogP contribution in [0, 0.1) is 0 Å². The van der Waals surface area contributed by atoms with E-state index in [1.54, 1.807) is 16.6 Å². The Labute approximate surface area is 179 Å². The van der Waals surface area contributed by atoms with Crippen molar-refractivity contribution < 1.29 is 14.3 Å². The van der Waals surface area contributed by atoms with Crippen molar-refractivity contribution in [3.63, 3.8) is 0 Å². The second-order valence-corrected chi connectivity index (χ2v) is 8.04. The Hall–Kier alpha value is -2.95. The summed E-state index contributed by atoms with van der Waals surface area (Å²) in [5.41, 5.74) is 0.225. The van der Waals surface area contributed by atoms with E-state index in [0.29, 0.717) is 62.5 Å². The highest BCUT2D eigenvalue weighted by molar-refractivity contribution is 5.79. The normalized spacial score (nSPS) is 20.8. The van der Waals surface area contributed by atoms with E-state index in [2.05, 4.69) is 20.4 Å². The summed E-state index contributed by atoms with van der Waals surface area (Å²) in [5, 5.41) is 7.39. The number of aromatic nitrogens is 4. The Bertz CT molecular complexity index is 995. The molecular formula is C20H29N7O4. The van der Waals surface area contributed by atoms with E-state index < -0.39 is 0 Å². The highest BCUT2D eigenvalue weighted by atomic mass is 16.5. The number of hydrogen-bond acceptors (Lipinski definition) is 7. The molecule has 11 nitrogen and oxygen atoms in total. The van der Waals surface area contributed by atoms with Crippen molar-refractivity contribution in [3.8, 4) is 0 Å². The molecule has 4 rings (SSSR count). The lowest BCUT2D eigenvalue weighted by Crippen LogP contribution is -2.46. The van der Waals surface area contributed by atoms with Gasteiger partial charge in [0.15, 0.2) is 5.65 Å². The first-order valence-corrected chi connectivity index (χ1v) is 10.8. The second kappa shape index (κ2) is 9.46. The molecule has 2 aromatic heterocycles. The summed E-state index contributed by atoms with van der Waals surface area (Å²) in [6.45, 7) is 2.98. The standard InChI is InChI=1S/C20H29N7O4/c1-25-18-15(13-22-25)19(30)24-20(23-18)27-9-7-21-16(28)6-8-26(10-11-27)17(29)5-4-14-3-2-12-31-14/h13-14H,2-12H2,1H3,(H,21,28)(H,23,24,30). The number of aromatic amines is 1. The van der Waals surface area contributed by atoms with Gasteiger partial charge in [-0.1, -0.05) is 0 Å². The highest BCUT2D eigenvalue weighted by Gasteiger charge is 2.22. The van der Waals surface area contributed by atoms with E-state index >= 15 is 0 Å². The fourth-order valence-electron chi connectivity index (χ4n) is 4.07. The van der Waals surface area contributed by atoms with Crippen LogP contribution in [0.15, 0.2) is 11.0 Å². The first-order chi connectivity index (χ1) is 15.0. The number of carbonyl (C=O) groups excluding carboxylic acids is 2. The van der Waals surface area contributed by atoms with Gasteiger partial charge >= 0.3 is 0 Å². The van der Waals surface area contributed by atoms with Gasteiger partial charge < -0.3 is 19.9 Å². The summed E-state index contributed by atoms with van der Waals surface area (Å²) in [4.78, 5) is 48.4. The van der Waals surface area contributed by atoms with Gasteiger partial charge in [0.1, 0.15) is 5.39 Å². The predicted molar refractivity (Wildman–Crippen MR) is 114 cm³/mol. The third kappa shape index (κ3) is 5.04. The van der Waals surface area contributed by atoms with Crippen LogP contribution in [0.2, 0.25) is 0 Å². The molecule has 0 aliphatic carbocycles. The zero-order valence-corrected chi connectivity index (χ0v) is 17.8. The molecule has 0 saturated carbocycles. The van der Waals surface area contributed by atoms with Gasteiger partial charge in [0, 0.05) is 59.2 Å². The van der Waals surface area contributed by atoms with Crippen molar-refractivity contribution in [2.24, 2.45) is 7.05 Å². The fourth-order valence-corrected chi connectivity index (χ4v) is 4.07. The topological polar surface area (TPSA) is 125 Å². The van der Waals surface area contributed by atoms with Gasteiger partial charge in [0.25, 0.3) is 5.56 Å². The molecule has 1 unspecified atom stereocenters. The summed E-state index contributed by atoms with van der Waals surface area (Å²) >= 11 is 0. The van der Waals surface area contributed by atoms with Crippen LogP contribution in [-0.4, -0.2) is 81.9 Å². The molecule has 2 fully saturated rings. The lowest BCUT2D eigenvalue weighted by atomic mass is 10.1. The van der Waals surface area contributed by atoms with Gasteiger partial charge in [-0.2, -0.15) is 10.1 Å². The van der Waals surface area contributed by atoms with Crippen LogP contribution in [0.4, 0.5) is 5.95 Å². The Morgan fingerprint density at radius 3 is 2.94 bits per heavy atom. The maximum absolute atomic E-state index is 12.8. The molecule has 168 valence electrons. The van der Waals surface area contributed by atoms with E-state index in [1.807, 2.05) is 4.90 Å². The maximum atomic E-state index is 12.8. The van der Waals surface area contributed by atoms with Crippen molar-refractivity contribution in [1.29, 1.82) is 0 Å². The number of ether oxygens (including phenoxy) is 1. The number of nitrogens with one attached hydrogen (secondary N) is 2. The number of anilines is 1. The monoisotopic (exact) mass is 431 g/mol. The minimum absolute atomic E-state index is 0.0207. The van der Waals surface area contributed by atoms with Crippen LogP contribution in [-0.2, 0) is 21.4 Å². The molecule has 1 atom stereocenters. The second-order valence-electron chi connectivity index (χ2n) is 8.04. The van der Waals surface area contributed by atoms with E-state index in [9.17, 15) is 14.4 Å². The van der Waals surface area contributed by atoms with Gasteiger partial charge in [-0.3, -0.25) is 24.0 Å². The summed E-state index contributed by atoms with van der Waals surface area (Å²) in [7, 11) is 1.73. The number of carbonyl (C=O) groups is 2. The average molecular weight is 431 g/mol. The molecular weight excluding hydrogens is 402 g/mol. The molecule has 0 spiro atoms. The lowest BCUT2D eigenvalue weighted by molar-refractivity contribution is -0.132. The molecule has 31 heavy (non-hydrogen) atoms. The average Bonchev–Trinajstić information content (AvgIpc) is 3.41. The number of hydrogen-bond donors (Lipinski definition) is 2. The van der Waals surface area contributed by atoms with Crippen molar-refractivity contribution >= 4 is 28.8 Å². The summed E-state index contributed by atoms with van der Waals surface area (Å²) in [6.07, 6.45) is 5.08. The van der Waals surface area contributed by atoms with Crippen LogP contribution >= 0.6 is 0 Å². The van der Waals surface area contributed by atoms with Gasteiger partial charge in [0.2, 0.25) is 17.8 Å². The number of rotatable bonds is 4. The van der Waals surface area contributed by atoms with Crippen molar-refractivity contribution in [3.05, 3.63) is 16.6 Å². The minimum Gasteiger partial charge on any atom is -0.378 e. The number of amides is 2. The Morgan fingerprint density at radius 1 is 1.26 bits per heavy atom. The van der Waals surface area contributed by atoms with Gasteiger partial charge in [0.05, 0.1) is 12.3 Å². The smallest absolute Gasteiger partial charge is 0.263 e. The largest absolute Gasteiger partial charge is 0.378 e. The molecule has 2 N–H and O–H groups in total. The molecule has 2 amide bonds. The van der Waals surface area contributed by atoms with Crippen molar-refractivity contribution in [1.82, 2.24) is 30.0 Å². The van der Waals surface area contributed by atoms with Crippen LogP contribution in [0.25, 0.3) is 11.0 Å². The van der Waals surface area contributed by atoms with E-state index in [1.165, 1.54) is 6.20 Å². The zero-order chi connectivity index (χ0) is 21.8. The van der Waals surface area contributed by atoms with E-state index in [4.69, 9.17) is 4.74 Å². The number of nitrogens with zero attached hydrogens (tertiary/aromatic N) is 5.